The third-order valence-corrected chi connectivity index (χ3v) is 2.37. The summed E-state index contributed by atoms with van der Waals surface area (Å²) in [5.74, 6) is 0.759. The van der Waals surface area contributed by atoms with Gasteiger partial charge in [-0.15, -0.1) is 0 Å². The maximum atomic E-state index is 11.7. The van der Waals surface area contributed by atoms with Crippen LogP contribution in [-0.4, -0.2) is 20.6 Å². The van der Waals surface area contributed by atoms with E-state index >= 15 is 0 Å². The van der Waals surface area contributed by atoms with Gasteiger partial charge in [0, 0.05) is 24.1 Å². The smallest absolute Gasteiger partial charge is 0.244 e. The number of benzene rings is 1. The van der Waals surface area contributed by atoms with E-state index in [2.05, 4.69) is 10.3 Å². The van der Waals surface area contributed by atoms with Crippen molar-refractivity contribution in [3.8, 4) is 5.75 Å². The maximum Gasteiger partial charge on any atom is 0.244 e. The zero-order chi connectivity index (χ0) is 12.3. The van der Waals surface area contributed by atoms with Crippen LogP contribution in [0, 0.1) is 6.92 Å². The summed E-state index contributed by atoms with van der Waals surface area (Å²) in [5, 5.41) is 12.0. The lowest BCUT2D eigenvalue weighted by atomic mass is 10.3. The monoisotopic (exact) mass is 231 g/mol. The van der Waals surface area contributed by atoms with Gasteiger partial charge in [-0.2, -0.15) is 0 Å². The van der Waals surface area contributed by atoms with E-state index in [1.807, 2.05) is 6.92 Å². The van der Waals surface area contributed by atoms with E-state index in [4.69, 9.17) is 0 Å². The summed E-state index contributed by atoms with van der Waals surface area (Å²) in [7, 11) is 0. The standard InChI is InChI=1S/C12H13N3O2/c1-9-13-5-6-15(9)8-12(17)14-10-3-2-4-11(16)7-10/h2-7,16H,8H2,1H3,(H,14,17). The van der Waals surface area contributed by atoms with E-state index in [9.17, 15) is 9.90 Å². The van der Waals surface area contributed by atoms with Crippen LogP contribution in [0.3, 0.4) is 0 Å². The molecule has 0 aliphatic rings. The zero-order valence-electron chi connectivity index (χ0n) is 9.42. The number of hydrogen-bond donors (Lipinski definition) is 2. The molecule has 2 N–H and O–H groups in total. The van der Waals surface area contributed by atoms with Crippen LogP contribution in [0.25, 0.3) is 0 Å². The van der Waals surface area contributed by atoms with Crippen LogP contribution >= 0.6 is 0 Å². The number of rotatable bonds is 3. The van der Waals surface area contributed by atoms with Gasteiger partial charge in [-0.05, 0) is 19.1 Å². The number of nitrogens with one attached hydrogen (secondary N) is 1. The molecule has 0 radical (unpaired) electrons. The van der Waals surface area contributed by atoms with Gasteiger partial charge in [0.1, 0.15) is 18.1 Å². The Morgan fingerprint density at radius 1 is 1.53 bits per heavy atom. The number of phenolic OH excluding ortho intramolecular Hbond substituents is 1. The van der Waals surface area contributed by atoms with Crippen LogP contribution < -0.4 is 5.32 Å². The molecule has 0 atom stereocenters. The summed E-state index contributed by atoms with van der Waals surface area (Å²) in [6.45, 7) is 2.04. The van der Waals surface area contributed by atoms with E-state index in [0.29, 0.717) is 5.69 Å². The number of amides is 1. The van der Waals surface area contributed by atoms with E-state index in [0.717, 1.165) is 5.82 Å². The molecule has 0 aliphatic carbocycles. The molecule has 0 saturated carbocycles. The summed E-state index contributed by atoms with van der Waals surface area (Å²) < 4.78 is 1.75. The van der Waals surface area contributed by atoms with Gasteiger partial charge >= 0.3 is 0 Å². The van der Waals surface area contributed by atoms with Gasteiger partial charge in [-0.3, -0.25) is 4.79 Å². The first-order valence-corrected chi connectivity index (χ1v) is 5.22. The van der Waals surface area contributed by atoms with E-state index < -0.39 is 0 Å². The van der Waals surface area contributed by atoms with Crippen molar-refractivity contribution in [2.24, 2.45) is 0 Å². The van der Waals surface area contributed by atoms with Gasteiger partial charge in [0.25, 0.3) is 0 Å². The predicted molar refractivity (Wildman–Crippen MR) is 63.7 cm³/mol. The minimum absolute atomic E-state index is 0.126. The average Bonchev–Trinajstić information content (AvgIpc) is 2.64. The minimum Gasteiger partial charge on any atom is -0.508 e. The number of imidazole rings is 1. The Balaban J connectivity index is 2.01. The third kappa shape index (κ3) is 2.84. The van der Waals surface area contributed by atoms with E-state index in [1.165, 1.54) is 6.07 Å². The van der Waals surface area contributed by atoms with Crippen LogP contribution in [0.4, 0.5) is 5.69 Å². The Kier molecular flexibility index (Phi) is 3.09. The first-order valence-electron chi connectivity index (χ1n) is 5.22. The molecule has 0 spiro atoms. The van der Waals surface area contributed by atoms with Crippen LogP contribution in [0.2, 0.25) is 0 Å². The molecule has 5 nitrogen and oxygen atoms in total. The molecular formula is C12H13N3O2. The maximum absolute atomic E-state index is 11.7. The lowest BCUT2D eigenvalue weighted by Gasteiger charge is -2.07. The number of aromatic nitrogens is 2. The van der Waals surface area contributed by atoms with Gasteiger partial charge in [-0.1, -0.05) is 6.07 Å². The van der Waals surface area contributed by atoms with Gasteiger partial charge < -0.3 is 15.0 Å². The SMILES string of the molecule is Cc1nccn1CC(=O)Nc1cccc(O)c1. The number of aromatic hydroxyl groups is 1. The van der Waals surface area contributed by atoms with Gasteiger partial charge in [0.05, 0.1) is 0 Å². The Morgan fingerprint density at radius 3 is 3.00 bits per heavy atom. The predicted octanol–water partition coefficient (Wildman–Crippen LogP) is 1.54. The molecule has 0 bridgehead atoms. The summed E-state index contributed by atoms with van der Waals surface area (Å²) >= 11 is 0. The first-order chi connectivity index (χ1) is 8.15. The van der Waals surface area contributed by atoms with Crippen LogP contribution in [0.1, 0.15) is 5.82 Å². The number of phenols is 1. The topological polar surface area (TPSA) is 67.2 Å². The highest BCUT2D eigenvalue weighted by atomic mass is 16.3. The molecule has 1 aromatic carbocycles. The number of hydrogen-bond acceptors (Lipinski definition) is 3. The molecule has 0 saturated heterocycles. The third-order valence-electron chi connectivity index (χ3n) is 2.37. The summed E-state index contributed by atoms with van der Waals surface area (Å²) in [6, 6.07) is 6.44. The molecule has 2 aromatic rings. The highest BCUT2D eigenvalue weighted by Gasteiger charge is 2.05. The summed E-state index contributed by atoms with van der Waals surface area (Å²) in [5.41, 5.74) is 0.577. The van der Waals surface area contributed by atoms with Crippen molar-refractivity contribution in [3.05, 3.63) is 42.5 Å². The van der Waals surface area contributed by atoms with Crippen molar-refractivity contribution in [1.29, 1.82) is 0 Å². The first kappa shape index (κ1) is 11.2. The molecule has 88 valence electrons. The van der Waals surface area contributed by atoms with Crippen molar-refractivity contribution in [3.63, 3.8) is 0 Å². The Morgan fingerprint density at radius 2 is 2.35 bits per heavy atom. The highest BCUT2D eigenvalue weighted by Crippen LogP contribution is 2.15. The average molecular weight is 231 g/mol. The van der Waals surface area contributed by atoms with Crippen LogP contribution in [-0.2, 0) is 11.3 Å². The number of nitrogens with zero attached hydrogens (tertiary/aromatic N) is 2. The number of aryl methyl sites for hydroxylation is 1. The summed E-state index contributed by atoms with van der Waals surface area (Å²) in [6.07, 6.45) is 3.40. The molecule has 1 amide bonds. The summed E-state index contributed by atoms with van der Waals surface area (Å²) in [4.78, 5) is 15.7. The highest BCUT2D eigenvalue weighted by molar-refractivity contribution is 5.90. The quantitative estimate of drug-likeness (QED) is 0.841. The molecular weight excluding hydrogens is 218 g/mol. The zero-order valence-corrected chi connectivity index (χ0v) is 9.42. The Bertz CT molecular complexity index is 534. The van der Waals surface area contributed by atoms with E-state index in [1.54, 1.807) is 35.2 Å². The molecule has 2 rings (SSSR count). The second-order valence-corrected chi connectivity index (χ2v) is 3.70. The number of carbonyl (C=O) groups is 1. The fourth-order valence-corrected chi connectivity index (χ4v) is 1.51. The number of carbonyl (C=O) groups excluding carboxylic acids is 1. The minimum atomic E-state index is -0.156. The van der Waals surface area contributed by atoms with Crippen molar-refractivity contribution in [1.82, 2.24) is 9.55 Å². The lowest BCUT2D eigenvalue weighted by Crippen LogP contribution is -2.18. The molecule has 1 heterocycles. The van der Waals surface area contributed by atoms with E-state index in [-0.39, 0.29) is 18.2 Å². The van der Waals surface area contributed by atoms with Crippen LogP contribution in [0.15, 0.2) is 36.7 Å². The molecule has 0 aliphatic heterocycles. The Labute approximate surface area is 98.7 Å². The molecule has 17 heavy (non-hydrogen) atoms. The second-order valence-electron chi connectivity index (χ2n) is 3.70. The molecule has 0 fully saturated rings. The fourth-order valence-electron chi connectivity index (χ4n) is 1.51. The van der Waals surface area contributed by atoms with Crippen molar-refractivity contribution < 1.29 is 9.90 Å². The van der Waals surface area contributed by atoms with Crippen molar-refractivity contribution in [2.75, 3.05) is 5.32 Å². The number of anilines is 1. The van der Waals surface area contributed by atoms with Crippen LogP contribution in [0.5, 0.6) is 5.75 Å². The normalized spacial score (nSPS) is 10.2. The second kappa shape index (κ2) is 4.69. The largest absolute Gasteiger partial charge is 0.508 e. The fraction of sp³-hybridized carbons (Fsp3) is 0.167. The molecule has 1 aromatic heterocycles. The van der Waals surface area contributed by atoms with Gasteiger partial charge in [0.15, 0.2) is 0 Å². The van der Waals surface area contributed by atoms with Crippen molar-refractivity contribution in [2.45, 2.75) is 13.5 Å². The van der Waals surface area contributed by atoms with Gasteiger partial charge in [-0.25, -0.2) is 4.98 Å². The Hall–Kier alpha value is -2.30. The van der Waals surface area contributed by atoms with Crippen molar-refractivity contribution >= 4 is 11.6 Å². The van der Waals surface area contributed by atoms with Gasteiger partial charge in [0.2, 0.25) is 5.91 Å². The lowest BCUT2D eigenvalue weighted by molar-refractivity contribution is -0.116. The molecule has 5 heteroatoms. The molecule has 0 unspecified atom stereocenters.